The molecule has 1 aromatic heterocycles. The fourth-order valence-corrected chi connectivity index (χ4v) is 4.87. The van der Waals surface area contributed by atoms with Crippen molar-refractivity contribution in [1.29, 1.82) is 0 Å². The fourth-order valence-electron chi connectivity index (χ4n) is 4.87. The highest BCUT2D eigenvalue weighted by Gasteiger charge is 2.40. The molecule has 0 saturated heterocycles. The van der Waals surface area contributed by atoms with Gasteiger partial charge in [0.25, 0.3) is 0 Å². The predicted molar refractivity (Wildman–Crippen MR) is 136 cm³/mol. The van der Waals surface area contributed by atoms with Crippen molar-refractivity contribution in [3.05, 3.63) is 107 Å². The van der Waals surface area contributed by atoms with Gasteiger partial charge in [-0.2, -0.15) is 0 Å². The monoisotopic (exact) mass is 449 g/mol. The molecule has 34 heavy (non-hydrogen) atoms. The fraction of sp³-hybridized carbons (Fsp3) is 0.207. The maximum absolute atomic E-state index is 13.1. The van der Waals surface area contributed by atoms with E-state index >= 15 is 0 Å². The number of nitrogens with zero attached hydrogens (tertiary/aromatic N) is 3. The Kier molecular flexibility index (Phi) is 5.40. The first-order chi connectivity index (χ1) is 16.3. The lowest BCUT2D eigenvalue weighted by Crippen LogP contribution is -2.35. The third kappa shape index (κ3) is 3.63. The average molecular weight is 450 g/mol. The van der Waals surface area contributed by atoms with Crippen LogP contribution in [0.15, 0.2) is 83.5 Å². The zero-order valence-corrected chi connectivity index (χ0v) is 19.8. The molecule has 2 aliphatic carbocycles. The van der Waals surface area contributed by atoms with Crippen LogP contribution in [0.5, 0.6) is 0 Å². The highest BCUT2D eigenvalue weighted by Crippen LogP contribution is 2.35. The van der Waals surface area contributed by atoms with Gasteiger partial charge in [0, 0.05) is 59.8 Å². The molecule has 2 aliphatic rings. The number of rotatable bonds is 4. The van der Waals surface area contributed by atoms with Gasteiger partial charge in [-0.1, -0.05) is 30.3 Å². The molecule has 5 heteroatoms. The van der Waals surface area contributed by atoms with E-state index in [4.69, 9.17) is 0 Å². The van der Waals surface area contributed by atoms with Gasteiger partial charge in [-0.15, -0.1) is 0 Å². The molecule has 5 rings (SSSR count). The Labute approximate surface area is 199 Å². The summed E-state index contributed by atoms with van der Waals surface area (Å²) in [5, 5.41) is 0. The minimum absolute atomic E-state index is 0.000407. The SMILES string of the molecule is Cc1cc(C=NC2=C[C@@H]3C(=O)c4ccccc4C(=O)[C@H]3C=C2)c(C)n1-c1ccc(N(C)C)cc1. The van der Waals surface area contributed by atoms with Crippen LogP contribution in [0.1, 0.15) is 37.7 Å². The number of benzene rings is 2. The summed E-state index contributed by atoms with van der Waals surface area (Å²) in [7, 11) is 4.06. The summed E-state index contributed by atoms with van der Waals surface area (Å²) in [5.74, 6) is -0.963. The van der Waals surface area contributed by atoms with Crippen LogP contribution in [0.4, 0.5) is 5.69 Å². The highest BCUT2D eigenvalue weighted by atomic mass is 16.1. The molecule has 1 heterocycles. The number of ketones is 2. The normalized spacial score (nSPS) is 19.2. The van der Waals surface area contributed by atoms with Crippen molar-refractivity contribution >= 4 is 23.5 Å². The number of carbonyl (C=O) groups is 2. The number of carbonyl (C=O) groups excluding carboxylic acids is 2. The smallest absolute Gasteiger partial charge is 0.171 e. The second kappa shape index (κ2) is 8.41. The maximum atomic E-state index is 13.1. The summed E-state index contributed by atoms with van der Waals surface area (Å²) in [4.78, 5) is 32.7. The molecule has 3 aromatic rings. The van der Waals surface area contributed by atoms with E-state index in [1.165, 1.54) is 0 Å². The molecular weight excluding hydrogens is 422 g/mol. The van der Waals surface area contributed by atoms with Crippen molar-refractivity contribution in [2.24, 2.45) is 16.8 Å². The zero-order chi connectivity index (χ0) is 24.0. The molecule has 2 atom stereocenters. The van der Waals surface area contributed by atoms with Crippen LogP contribution < -0.4 is 4.90 Å². The van der Waals surface area contributed by atoms with E-state index in [0.29, 0.717) is 16.8 Å². The highest BCUT2D eigenvalue weighted by molar-refractivity contribution is 6.17. The Morgan fingerprint density at radius 2 is 1.56 bits per heavy atom. The van der Waals surface area contributed by atoms with Gasteiger partial charge in [-0.25, -0.2) is 0 Å². The first-order valence-electron chi connectivity index (χ1n) is 11.4. The van der Waals surface area contributed by atoms with Crippen molar-refractivity contribution in [2.45, 2.75) is 13.8 Å². The minimum Gasteiger partial charge on any atom is -0.378 e. The molecule has 0 amide bonds. The molecule has 170 valence electrons. The molecule has 0 fully saturated rings. The zero-order valence-electron chi connectivity index (χ0n) is 19.8. The third-order valence-corrected chi connectivity index (χ3v) is 6.72. The van der Waals surface area contributed by atoms with Crippen molar-refractivity contribution in [3.63, 3.8) is 0 Å². The lowest BCUT2D eigenvalue weighted by atomic mass is 9.72. The number of aryl methyl sites for hydroxylation is 1. The Balaban J connectivity index is 1.42. The Morgan fingerprint density at radius 1 is 0.912 bits per heavy atom. The van der Waals surface area contributed by atoms with Crippen LogP contribution in [0.25, 0.3) is 5.69 Å². The first kappa shape index (κ1) is 21.8. The quantitative estimate of drug-likeness (QED) is 0.505. The van der Waals surface area contributed by atoms with E-state index in [1.54, 1.807) is 24.3 Å². The van der Waals surface area contributed by atoms with Gasteiger partial charge in [0.05, 0.1) is 17.5 Å². The molecule has 0 bridgehead atoms. The number of fused-ring (bicyclic) bond motifs is 2. The number of aromatic nitrogens is 1. The van der Waals surface area contributed by atoms with E-state index < -0.39 is 11.8 Å². The largest absolute Gasteiger partial charge is 0.378 e. The van der Waals surface area contributed by atoms with Crippen LogP contribution >= 0.6 is 0 Å². The molecule has 5 nitrogen and oxygen atoms in total. The van der Waals surface area contributed by atoms with Crippen molar-refractivity contribution in [3.8, 4) is 5.69 Å². The minimum atomic E-state index is -0.498. The van der Waals surface area contributed by atoms with Gasteiger partial charge in [0.15, 0.2) is 11.6 Å². The van der Waals surface area contributed by atoms with E-state index in [0.717, 1.165) is 28.3 Å². The topological polar surface area (TPSA) is 54.7 Å². The van der Waals surface area contributed by atoms with Crippen LogP contribution in [-0.4, -0.2) is 36.4 Å². The molecule has 0 unspecified atom stereocenters. The van der Waals surface area contributed by atoms with Crippen LogP contribution in [0.3, 0.4) is 0 Å². The second-order valence-corrected chi connectivity index (χ2v) is 9.11. The standard InChI is InChI=1S/C29H27N3O2/c1-18-15-20(19(2)32(18)23-12-10-22(11-13-23)31(3)4)17-30-21-9-14-26-27(16-21)29(34)25-8-6-5-7-24(25)28(26)33/h5-17,26-27H,1-4H3/t26-,27-/m0/s1. The maximum Gasteiger partial charge on any atom is 0.171 e. The molecule has 0 radical (unpaired) electrons. The number of allylic oxidation sites excluding steroid dienone is 3. The lowest BCUT2D eigenvalue weighted by molar-refractivity contribution is 0.0801. The summed E-state index contributed by atoms with van der Waals surface area (Å²) in [6.07, 6.45) is 7.34. The summed E-state index contributed by atoms with van der Waals surface area (Å²) in [5.41, 5.74) is 7.20. The summed E-state index contributed by atoms with van der Waals surface area (Å²) in [6, 6.07) is 17.6. The number of hydrogen-bond acceptors (Lipinski definition) is 4. The van der Waals surface area contributed by atoms with Gasteiger partial charge < -0.3 is 9.47 Å². The summed E-state index contributed by atoms with van der Waals surface area (Å²) < 4.78 is 2.21. The summed E-state index contributed by atoms with van der Waals surface area (Å²) in [6.45, 7) is 4.16. The Hall–Kier alpha value is -3.99. The number of hydrogen-bond donors (Lipinski definition) is 0. The van der Waals surface area contributed by atoms with Gasteiger partial charge in [-0.3, -0.25) is 14.6 Å². The first-order valence-corrected chi connectivity index (χ1v) is 11.4. The van der Waals surface area contributed by atoms with Gasteiger partial charge >= 0.3 is 0 Å². The second-order valence-electron chi connectivity index (χ2n) is 9.11. The predicted octanol–water partition coefficient (Wildman–Crippen LogP) is 5.34. The Bertz CT molecular complexity index is 1390. The Morgan fingerprint density at radius 3 is 2.21 bits per heavy atom. The number of Topliss-reactive ketones (excluding diaryl/α,β-unsaturated/α-hetero) is 2. The van der Waals surface area contributed by atoms with Crippen LogP contribution in [-0.2, 0) is 0 Å². The van der Waals surface area contributed by atoms with E-state index in [9.17, 15) is 9.59 Å². The van der Waals surface area contributed by atoms with Crippen LogP contribution in [0.2, 0.25) is 0 Å². The van der Waals surface area contributed by atoms with Crippen molar-refractivity contribution < 1.29 is 9.59 Å². The number of anilines is 1. The number of aliphatic imine (C=N–C) groups is 1. The van der Waals surface area contributed by atoms with Gasteiger partial charge in [-0.05, 0) is 56.3 Å². The molecule has 2 aromatic carbocycles. The lowest BCUT2D eigenvalue weighted by Gasteiger charge is -2.28. The van der Waals surface area contributed by atoms with Crippen molar-refractivity contribution in [1.82, 2.24) is 4.57 Å². The van der Waals surface area contributed by atoms with E-state index in [-0.39, 0.29) is 11.6 Å². The third-order valence-electron chi connectivity index (χ3n) is 6.72. The summed E-state index contributed by atoms with van der Waals surface area (Å²) >= 11 is 0. The van der Waals surface area contributed by atoms with E-state index in [1.807, 2.05) is 38.5 Å². The molecule has 0 saturated carbocycles. The molecule has 0 N–H and O–H groups in total. The van der Waals surface area contributed by atoms with Crippen molar-refractivity contribution in [2.75, 3.05) is 19.0 Å². The average Bonchev–Trinajstić information content (AvgIpc) is 3.13. The molecule has 0 spiro atoms. The van der Waals surface area contributed by atoms with Gasteiger partial charge in [0.2, 0.25) is 0 Å². The van der Waals surface area contributed by atoms with Crippen LogP contribution in [0, 0.1) is 25.7 Å². The van der Waals surface area contributed by atoms with Gasteiger partial charge in [0.1, 0.15) is 0 Å². The molecular formula is C29H27N3O2. The van der Waals surface area contributed by atoms with E-state index in [2.05, 4.69) is 58.6 Å². The molecule has 0 aliphatic heterocycles.